The van der Waals surface area contributed by atoms with Crippen LogP contribution in [0, 0.1) is 0 Å². The number of nitrogens with one attached hydrogen (secondary N) is 1. The van der Waals surface area contributed by atoms with Crippen LogP contribution in [0.3, 0.4) is 0 Å². The first kappa shape index (κ1) is 11.2. The zero-order valence-electron chi connectivity index (χ0n) is 10.5. The van der Waals surface area contributed by atoms with Crippen LogP contribution in [-0.2, 0) is 13.1 Å². The summed E-state index contributed by atoms with van der Waals surface area (Å²) in [6.07, 6.45) is 5.63. The van der Waals surface area contributed by atoms with Gasteiger partial charge in [0, 0.05) is 32.2 Å². The molecular formula is C15H22N2. The molecule has 0 saturated heterocycles. The van der Waals surface area contributed by atoms with E-state index in [9.17, 15) is 0 Å². The maximum Gasteiger partial charge on any atom is 0.0241 e. The van der Waals surface area contributed by atoms with Gasteiger partial charge in [0.05, 0.1) is 0 Å². The van der Waals surface area contributed by atoms with Crippen LogP contribution >= 0.6 is 0 Å². The summed E-state index contributed by atoms with van der Waals surface area (Å²) >= 11 is 0. The third-order valence-electron chi connectivity index (χ3n) is 4.12. The maximum absolute atomic E-state index is 3.69. The topological polar surface area (TPSA) is 15.3 Å². The van der Waals surface area contributed by atoms with Crippen LogP contribution in [0.15, 0.2) is 24.3 Å². The molecule has 0 aromatic heterocycles. The first-order valence-corrected chi connectivity index (χ1v) is 6.94. The van der Waals surface area contributed by atoms with Crippen LogP contribution in [-0.4, -0.2) is 24.0 Å². The van der Waals surface area contributed by atoms with Gasteiger partial charge in [0.15, 0.2) is 0 Å². The molecule has 0 amide bonds. The highest BCUT2D eigenvalue weighted by molar-refractivity contribution is 5.30. The second kappa shape index (κ2) is 5.19. The van der Waals surface area contributed by atoms with Gasteiger partial charge in [0.25, 0.3) is 0 Å². The summed E-state index contributed by atoms with van der Waals surface area (Å²) < 4.78 is 0. The Balaban J connectivity index is 1.43. The fourth-order valence-corrected chi connectivity index (χ4v) is 3.12. The molecule has 1 N–H and O–H groups in total. The molecule has 0 spiro atoms. The van der Waals surface area contributed by atoms with E-state index >= 15 is 0 Å². The first-order valence-electron chi connectivity index (χ1n) is 6.94. The average molecular weight is 230 g/mol. The lowest BCUT2D eigenvalue weighted by Gasteiger charge is -2.17. The van der Waals surface area contributed by atoms with Gasteiger partial charge < -0.3 is 5.32 Å². The highest BCUT2D eigenvalue weighted by Gasteiger charge is 2.18. The van der Waals surface area contributed by atoms with Crippen molar-refractivity contribution in [2.45, 2.75) is 44.8 Å². The Morgan fingerprint density at radius 2 is 1.71 bits per heavy atom. The van der Waals surface area contributed by atoms with Crippen molar-refractivity contribution in [1.82, 2.24) is 10.2 Å². The number of hydrogen-bond acceptors (Lipinski definition) is 2. The molecule has 0 bridgehead atoms. The molecule has 2 heteroatoms. The van der Waals surface area contributed by atoms with E-state index in [1.807, 2.05) is 0 Å². The van der Waals surface area contributed by atoms with Gasteiger partial charge in [-0.05, 0) is 24.0 Å². The Bertz CT molecular complexity index is 344. The van der Waals surface area contributed by atoms with Crippen molar-refractivity contribution in [3.05, 3.63) is 35.4 Å². The zero-order valence-corrected chi connectivity index (χ0v) is 10.5. The molecule has 17 heavy (non-hydrogen) atoms. The molecule has 1 aromatic rings. The number of hydrogen-bond donors (Lipinski definition) is 1. The monoisotopic (exact) mass is 230 g/mol. The predicted molar refractivity (Wildman–Crippen MR) is 70.8 cm³/mol. The molecule has 0 radical (unpaired) electrons. The zero-order chi connectivity index (χ0) is 11.5. The third kappa shape index (κ3) is 2.70. The van der Waals surface area contributed by atoms with E-state index in [0.29, 0.717) is 0 Å². The van der Waals surface area contributed by atoms with Gasteiger partial charge in [-0.3, -0.25) is 4.90 Å². The van der Waals surface area contributed by atoms with Crippen molar-refractivity contribution in [2.75, 3.05) is 13.1 Å². The van der Waals surface area contributed by atoms with E-state index in [1.165, 1.54) is 43.4 Å². The third-order valence-corrected chi connectivity index (χ3v) is 4.12. The standard InChI is InChI=1S/C15H22N2/c1-2-6-14-12-17(11-13(14)5-1)10-9-16-15-7-3-4-8-15/h1-2,5-6,15-16H,3-4,7-12H2. The molecule has 1 aromatic carbocycles. The van der Waals surface area contributed by atoms with Crippen LogP contribution in [0.25, 0.3) is 0 Å². The number of fused-ring (bicyclic) bond motifs is 1. The molecule has 1 aliphatic carbocycles. The molecular weight excluding hydrogens is 208 g/mol. The molecule has 1 aliphatic heterocycles. The van der Waals surface area contributed by atoms with E-state index < -0.39 is 0 Å². The maximum atomic E-state index is 3.69. The lowest BCUT2D eigenvalue weighted by atomic mass is 10.1. The van der Waals surface area contributed by atoms with Crippen LogP contribution in [0.5, 0.6) is 0 Å². The van der Waals surface area contributed by atoms with E-state index in [-0.39, 0.29) is 0 Å². The molecule has 0 atom stereocenters. The Hall–Kier alpha value is -0.860. The molecule has 3 rings (SSSR count). The largest absolute Gasteiger partial charge is 0.313 e. The molecule has 1 saturated carbocycles. The van der Waals surface area contributed by atoms with Gasteiger partial charge in [-0.1, -0.05) is 37.1 Å². The molecule has 2 aliphatic rings. The fraction of sp³-hybridized carbons (Fsp3) is 0.600. The van der Waals surface area contributed by atoms with Gasteiger partial charge in [-0.2, -0.15) is 0 Å². The molecule has 1 fully saturated rings. The summed E-state index contributed by atoms with van der Waals surface area (Å²) in [7, 11) is 0. The Morgan fingerprint density at radius 3 is 2.35 bits per heavy atom. The van der Waals surface area contributed by atoms with Crippen LogP contribution in [0.2, 0.25) is 0 Å². The van der Waals surface area contributed by atoms with E-state index in [0.717, 1.165) is 25.7 Å². The van der Waals surface area contributed by atoms with Gasteiger partial charge in [-0.25, -0.2) is 0 Å². The summed E-state index contributed by atoms with van der Waals surface area (Å²) in [6.45, 7) is 4.62. The van der Waals surface area contributed by atoms with Crippen LogP contribution in [0.4, 0.5) is 0 Å². The normalized spacial score (nSPS) is 20.9. The van der Waals surface area contributed by atoms with E-state index in [2.05, 4.69) is 34.5 Å². The SMILES string of the molecule is c1ccc2c(c1)CN(CCNC1CCCC1)C2. The van der Waals surface area contributed by atoms with Crippen molar-refractivity contribution in [3.63, 3.8) is 0 Å². The van der Waals surface area contributed by atoms with Crippen molar-refractivity contribution in [3.8, 4) is 0 Å². The molecule has 2 nitrogen and oxygen atoms in total. The van der Waals surface area contributed by atoms with Crippen LogP contribution < -0.4 is 5.32 Å². The lowest BCUT2D eigenvalue weighted by Crippen LogP contribution is -2.33. The average Bonchev–Trinajstić information content (AvgIpc) is 2.96. The summed E-state index contributed by atoms with van der Waals surface area (Å²) in [5, 5.41) is 3.69. The summed E-state index contributed by atoms with van der Waals surface area (Å²) in [5.74, 6) is 0. The Labute approximate surface area is 104 Å². The Morgan fingerprint density at radius 1 is 1.06 bits per heavy atom. The lowest BCUT2D eigenvalue weighted by molar-refractivity contribution is 0.278. The summed E-state index contributed by atoms with van der Waals surface area (Å²) in [4.78, 5) is 2.55. The Kier molecular flexibility index (Phi) is 3.44. The number of rotatable bonds is 4. The smallest absolute Gasteiger partial charge is 0.0241 e. The molecule has 0 unspecified atom stereocenters. The summed E-state index contributed by atoms with van der Waals surface area (Å²) in [5.41, 5.74) is 3.04. The van der Waals surface area contributed by atoms with Crippen molar-refractivity contribution in [2.24, 2.45) is 0 Å². The molecule has 1 heterocycles. The number of nitrogens with zero attached hydrogens (tertiary/aromatic N) is 1. The quantitative estimate of drug-likeness (QED) is 0.855. The highest BCUT2D eigenvalue weighted by Crippen LogP contribution is 2.21. The fourth-order valence-electron chi connectivity index (χ4n) is 3.12. The van der Waals surface area contributed by atoms with Gasteiger partial charge >= 0.3 is 0 Å². The minimum absolute atomic E-state index is 0.806. The number of benzene rings is 1. The van der Waals surface area contributed by atoms with Gasteiger partial charge in [-0.15, -0.1) is 0 Å². The first-order chi connectivity index (χ1) is 8.42. The second-order valence-corrected chi connectivity index (χ2v) is 5.41. The second-order valence-electron chi connectivity index (χ2n) is 5.41. The van der Waals surface area contributed by atoms with Crippen molar-refractivity contribution < 1.29 is 0 Å². The minimum atomic E-state index is 0.806. The van der Waals surface area contributed by atoms with Gasteiger partial charge in [0.2, 0.25) is 0 Å². The van der Waals surface area contributed by atoms with Crippen LogP contribution in [0.1, 0.15) is 36.8 Å². The minimum Gasteiger partial charge on any atom is -0.313 e. The van der Waals surface area contributed by atoms with Gasteiger partial charge in [0.1, 0.15) is 0 Å². The highest BCUT2D eigenvalue weighted by atomic mass is 15.2. The van der Waals surface area contributed by atoms with E-state index in [1.54, 1.807) is 0 Å². The van der Waals surface area contributed by atoms with E-state index in [4.69, 9.17) is 0 Å². The predicted octanol–water partition coefficient (Wildman–Crippen LogP) is 2.53. The summed E-state index contributed by atoms with van der Waals surface area (Å²) in [6, 6.07) is 9.64. The van der Waals surface area contributed by atoms with Crippen molar-refractivity contribution in [1.29, 1.82) is 0 Å². The molecule has 92 valence electrons. The van der Waals surface area contributed by atoms with Crippen molar-refractivity contribution >= 4 is 0 Å².